The quantitative estimate of drug-likeness (QED) is 0.347. The molecule has 0 unspecified atom stereocenters. The summed E-state index contributed by atoms with van der Waals surface area (Å²) >= 11 is 1.62. The lowest BCUT2D eigenvalue weighted by Gasteiger charge is -2.00. The van der Waals surface area contributed by atoms with E-state index >= 15 is 0 Å². The Balaban J connectivity index is 2.63. The highest BCUT2D eigenvalue weighted by Gasteiger charge is 2.27. The summed E-state index contributed by atoms with van der Waals surface area (Å²) in [5.74, 6) is -0.972. The van der Waals surface area contributed by atoms with E-state index < -0.39 is 16.5 Å². The molecule has 1 aromatic rings. The Bertz CT molecular complexity index is 756. The summed E-state index contributed by atoms with van der Waals surface area (Å²) in [5.41, 5.74) is 0.131. The van der Waals surface area contributed by atoms with Crippen molar-refractivity contribution in [2.45, 2.75) is 19.8 Å². The van der Waals surface area contributed by atoms with E-state index in [-0.39, 0.29) is 20.9 Å². The standard InChI is InChI=1S/C14H12IN3O4/c1-7(2)14-16-10-5-3-4-8(18(21)22)6-9(15)12(19)13(20)11(10)17-14/h3-7H,1-2H3,(H,16,17)/b5-3+,8-4+,9-6-. The van der Waals surface area contributed by atoms with Gasteiger partial charge < -0.3 is 4.98 Å². The summed E-state index contributed by atoms with van der Waals surface area (Å²) in [6, 6.07) is 0. The molecule has 0 atom stereocenters. The number of hydrogen-bond donors (Lipinski definition) is 1. The third-order valence-corrected chi connectivity index (χ3v) is 3.75. The number of carbonyl (C=O) groups excluding carboxylic acids is 2. The molecule has 1 N–H and O–H groups in total. The number of nitro groups is 1. The number of aromatic amines is 1. The van der Waals surface area contributed by atoms with E-state index in [9.17, 15) is 19.7 Å². The molecular formula is C14H12IN3O4. The van der Waals surface area contributed by atoms with Crippen molar-refractivity contribution in [1.82, 2.24) is 9.97 Å². The van der Waals surface area contributed by atoms with Crippen LogP contribution in [0, 0.1) is 10.1 Å². The average molecular weight is 413 g/mol. The topological polar surface area (TPSA) is 106 Å². The fraction of sp³-hybridized carbons (Fsp3) is 0.214. The first-order valence-electron chi connectivity index (χ1n) is 6.40. The van der Waals surface area contributed by atoms with Gasteiger partial charge in [0, 0.05) is 18.1 Å². The summed E-state index contributed by atoms with van der Waals surface area (Å²) in [7, 11) is 0. The van der Waals surface area contributed by atoms with Crippen LogP contribution in [0.1, 0.15) is 41.8 Å². The van der Waals surface area contributed by atoms with Crippen LogP contribution in [0.2, 0.25) is 0 Å². The van der Waals surface area contributed by atoms with Crippen molar-refractivity contribution in [3.05, 3.63) is 54.8 Å². The van der Waals surface area contributed by atoms with Crippen LogP contribution >= 0.6 is 22.6 Å². The highest BCUT2D eigenvalue weighted by Crippen LogP contribution is 2.21. The fourth-order valence-electron chi connectivity index (χ4n) is 1.79. The number of imidazole rings is 1. The maximum Gasteiger partial charge on any atom is 0.270 e. The van der Waals surface area contributed by atoms with Crippen LogP contribution < -0.4 is 0 Å². The Morgan fingerprint density at radius 2 is 2.00 bits per heavy atom. The van der Waals surface area contributed by atoms with E-state index in [1.54, 1.807) is 22.6 Å². The number of hydrogen-bond acceptors (Lipinski definition) is 5. The molecule has 114 valence electrons. The molecule has 0 aromatic carbocycles. The summed E-state index contributed by atoms with van der Waals surface area (Å²) < 4.78 is -0.0269. The molecule has 0 fully saturated rings. The van der Waals surface area contributed by atoms with Gasteiger partial charge in [-0.05, 0) is 28.7 Å². The maximum absolute atomic E-state index is 12.3. The van der Waals surface area contributed by atoms with Gasteiger partial charge >= 0.3 is 0 Å². The van der Waals surface area contributed by atoms with E-state index in [4.69, 9.17) is 0 Å². The Kier molecular flexibility index (Phi) is 4.69. The van der Waals surface area contributed by atoms with Gasteiger partial charge in [0.1, 0.15) is 11.5 Å². The number of carbonyl (C=O) groups is 2. The molecular weight excluding hydrogens is 401 g/mol. The van der Waals surface area contributed by atoms with Crippen LogP contribution in [0.3, 0.4) is 0 Å². The van der Waals surface area contributed by atoms with Gasteiger partial charge in [-0.25, -0.2) is 4.98 Å². The minimum Gasteiger partial charge on any atom is -0.342 e. The van der Waals surface area contributed by atoms with Crippen molar-refractivity contribution >= 4 is 40.2 Å². The number of nitrogens with zero attached hydrogens (tertiary/aromatic N) is 2. The van der Waals surface area contributed by atoms with Gasteiger partial charge in [0.15, 0.2) is 0 Å². The van der Waals surface area contributed by atoms with E-state index in [1.807, 2.05) is 13.8 Å². The van der Waals surface area contributed by atoms with Crippen molar-refractivity contribution in [3.63, 3.8) is 0 Å². The number of halogens is 1. The lowest BCUT2D eigenvalue weighted by atomic mass is 10.1. The largest absolute Gasteiger partial charge is 0.342 e. The molecule has 2 rings (SSSR count). The lowest BCUT2D eigenvalue weighted by molar-refractivity contribution is -0.419. The van der Waals surface area contributed by atoms with Crippen molar-refractivity contribution in [3.8, 4) is 0 Å². The number of aromatic nitrogens is 2. The molecule has 0 aliphatic heterocycles. The second-order valence-electron chi connectivity index (χ2n) is 4.90. The molecule has 0 amide bonds. The van der Waals surface area contributed by atoms with E-state index in [1.165, 1.54) is 18.2 Å². The van der Waals surface area contributed by atoms with Crippen molar-refractivity contribution in [2.24, 2.45) is 0 Å². The molecule has 1 aromatic heterocycles. The first-order chi connectivity index (χ1) is 10.3. The SMILES string of the molecule is CC(C)c1nc2c([nH]1)/C=C/C=C([N+](=O)[O-])\C=C(/I)C(=O)C2=O. The van der Waals surface area contributed by atoms with Gasteiger partial charge in [-0.15, -0.1) is 0 Å². The average Bonchev–Trinajstić information content (AvgIpc) is 2.88. The number of fused-ring (bicyclic) bond motifs is 1. The molecule has 0 saturated carbocycles. The number of rotatable bonds is 2. The van der Waals surface area contributed by atoms with E-state index in [0.29, 0.717) is 11.5 Å². The number of Topliss-reactive ketones (excluding diaryl/α,β-unsaturated/α-hetero) is 2. The predicted molar refractivity (Wildman–Crippen MR) is 88.2 cm³/mol. The van der Waals surface area contributed by atoms with E-state index in [0.717, 1.165) is 6.08 Å². The molecule has 1 heterocycles. The summed E-state index contributed by atoms with van der Waals surface area (Å²) in [4.78, 5) is 41.9. The lowest BCUT2D eigenvalue weighted by Crippen LogP contribution is -2.16. The Morgan fingerprint density at radius 3 is 2.59 bits per heavy atom. The van der Waals surface area contributed by atoms with Gasteiger partial charge in [0.25, 0.3) is 11.5 Å². The second-order valence-corrected chi connectivity index (χ2v) is 6.06. The Labute approximate surface area is 139 Å². The van der Waals surface area contributed by atoms with E-state index in [2.05, 4.69) is 9.97 Å². The molecule has 22 heavy (non-hydrogen) atoms. The highest BCUT2D eigenvalue weighted by atomic mass is 127. The molecule has 0 radical (unpaired) electrons. The monoisotopic (exact) mass is 413 g/mol. The van der Waals surface area contributed by atoms with Crippen molar-refractivity contribution < 1.29 is 14.5 Å². The number of nitrogens with one attached hydrogen (secondary N) is 1. The molecule has 0 spiro atoms. The van der Waals surface area contributed by atoms with Gasteiger partial charge in [-0.3, -0.25) is 19.7 Å². The first kappa shape index (κ1) is 16.3. The Morgan fingerprint density at radius 1 is 1.32 bits per heavy atom. The minimum atomic E-state index is -0.813. The fourth-order valence-corrected chi connectivity index (χ4v) is 2.35. The number of allylic oxidation sites excluding steroid dienone is 4. The van der Waals surface area contributed by atoms with Crippen molar-refractivity contribution in [1.29, 1.82) is 0 Å². The predicted octanol–water partition coefficient (Wildman–Crippen LogP) is 2.79. The summed E-state index contributed by atoms with van der Waals surface area (Å²) in [5, 5.41) is 10.9. The second kappa shape index (κ2) is 6.34. The van der Waals surface area contributed by atoms with Crippen LogP contribution in [-0.2, 0) is 4.79 Å². The highest BCUT2D eigenvalue weighted by molar-refractivity contribution is 14.1. The number of H-pyrrole nitrogens is 1. The molecule has 1 aliphatic rings. The van der Waals surface area contributed by atoms with Gasteiger partial charge in [0.2, 0.25) is 5.78 Å². The zero-order valence-corrected chi connectivity index (χ0v) is 13.9. The smallest absolute Gasteiger partial charge is 0.270 e. The molecule has 8 heteroatoms. The molecule has 0 bridgehead atoms. The zero-order chi connectivity index (χ0) is 16.4. The molecule has 7 nitrogen and oxygen atoms in total. The minimum absolute atomic E-state index is 0.0269. The molecule has 1 aliphatic carbocycles. The summed E-state index contributed by atoms with van der Waals surface area (Å²) in [6.07, 6.45) is 5.28. The zero-order valence-electron chi connectivity index (χ0n) is 11.8. The molecule has 0 saturated heterocycles. The third-order valence-electron chi connectivity index (χ3n) is 2.95. The van der Waals surface area contributed by atoms with Crippen LogP contribution in [0.25, 0.3) is 6.08 Å². The number of ketones is 2. The van der Waals surface area contributed by atoms with Gasteiger partial charge in [0.05, 0.1) is 14.2 Å². The van der Waals surface area contributed by atoms with Crippen LogP contribution in [0.15, 0.2) is 27.5 Å². The van der Waals surface area contributed by atoms with Crippen LogP contribution in [0.4, 0.5) is 0 Å². The maximum atomic E-state index is 12.3. The van der Waals surface area contributed by atoms with Gasteiger partial charge in [-0.1, -0.05) is 19.9 Å². The normalized spacial score (nSPS) is 21.6. The van der Waals surface area contributed by atoms with Gasteiger partial charge in [-0.2, -0.15) is 0 Å². The van der Waals surface area contributed by atoms with Crippen LogP contribution in [-0.4, -0.2) is 26.5 Å². The Hall–Kier alpha value is -2.10. The first-order valence-corrected chi connectivity index (χ1v) is 7.48. The van der Waals surface area contributed by atoms with Crippen LogP contribution in [0.5, 0.6) is 0 Å². The summed E-state index contributed by atoms with van der Waals surface area (Å²) in [6.45, 7) is 3.80. The third kappa shape index (κ3) is 3.21. The van der Waals surface area contributed by atoms with Crippen molar-refractivity contribution in [2.75, 3.05) is 0 Å².